The van der Waals surface area contributed by atoms with E-state index in [0.29, 0.717) is 0 Å². The molecule has 24 heavy (non-hydrogen) atoms. The highest BCUT2D eigenvalue weighted by molar-refractivity contribution is 5.81. The summed E-state index contributed by atoms with van der Waals surface area (Å²) in [5.74, 6) is -0.779. The molecule has 1 atom stereocenters. The predicted octanol–water partition coefficient (Wildman–Crippen LogP) is 3.31. The Morgan fingerprint density at radius 2 is 1.83 bits per heavy atom. The molecule has 5 nitrogen and oxygen atoms in total. The number of carbonyl (C=O) groups is 2. The van der Waals surface area contributed by atoms with Crippen LogP contribution >= 0.6 is 0 Å². The lowest BCUT2D eigenvalue weighted by Crippen LogP contribution is -2.45. The van der Waals surface area contributed by atoms with Gasteiger partial charge in [0.1, 0.15) is 11.6 Å². The summed E-state index contributed by atoms with van der Waals surface area (Å²) in [6.07, 6.45) is -5.50. The molecule has 1 aromatic carbocycles. The van der Waals surface area contributed by atoms with E-state index >= 15 is 0 Å². The molecule has 0 bridgehead atoms. The lowest BCUT2D eigenvalue weighted by molar-refractivity contribution is -0.143. The molecule has 134 valence electrons. The van der Waals surface area contributed by atoms with Crippen molar-refractivity contribution >= 4 is 12.1 Å². The summed E-state index contributed by atoms with van der Waals surface area (Å²) in [5.41, 5.74) is -1.38. The summed E-state index contributed by atoms with van der Waals surface area (Å²) in [6, 6.07) is 3.36. The van der Waals surface area contributed by atoms with E-state index in [9.17, 15) is 22.8 Å². The van der Waals surface area contributed by atoms with E-state index in [-0.39, 0.29) is 12.0 Å². The fraction of sp³-hybridized carbons (Fsp3) is 0.500. The van der Waals surface area contributed by atoms with Gasteiger partial charge in [-0.15, -0.1) is 0 Å². The van der Waals surface area contributed by atoms with Gasteiger partial charge in [-0.3, -0.25) is 0 Å². The van der Waals surface area contributed by atoms with Gasteiger partial charge < -0.3 is 14.8 Å². The number of ether oxygens (including phenoxy) is 2. The summed E-state index contributed by atoms with van der Waals surface area (Å²) in [6.45, 7) is 4.94. The highest BCUT2D eigenvalue weighted by Gasteiger charge is 2.31. The average Bonchev–Trinajstić information content (AvgIpc) is 2.43. The maximum Gasteiger partial charge on any atom is 0.416 e. The van der Waals surface area contributed by atoms with Crippen molar-refractivity contribution < 1.29 is 32.2 Å². The van der Waals surface area contributed by atoms with Gasteiger partial charge in [0, 0.05) is 6.42 Å². The molecule has 1 unspecified atom stereocenters. The molecule has 0 heterocycles. The first kappa shape index (κ1) is 19.8. The molecule has 8 heteroatoms. The molecule has 0 spiro atoms. The third kappa shape index (κ3) is 6.47. The fourth-order valence-corrected chi connectivity index (χ4v) is 1.90. The lowest BCUT2D eigenvalue weighted by atomic mass is 10.0. The number of esters is 1. The van der Waals surface area contributed by atoms with Gasteiger partial charge in [0.2, 0.25) is 0 Å². The third-order valence-electron chi connectivity index (χ3n) is 2.87. The third-order valence-corrected chi connectivity index (χ3v) is 2.87. The van der Waals surface area contributed by atoms with Crippen LogP contribution in [0.1, 0.15) is 31.9 Å². The summed E-state index contributed by atoms with van der Waals surface area (Å²) in [7, 11) is 1.12. The number of alkyl halides is 3. The molecular weight excluding hydrogens is 327 g/mol. The van der Waals surface area contributed by atoms with Gasteiger partial charge in [0.15, 0.2) is 0 Å². The normalized spacial score (nSPS) is 13.1. The Hall–Kier alpha value is -2.25. The molecule has 0 saturated heterocycles. The van der Waals surface area contributed by atoms with Crippen LogP contribution in [0.5, 0.6) is 0 Å². The van der Waals surface area contributed by atoms with E-state index in [4.69, 9.17) is 4.74 Å². The molecule has 0 radical (unpaired) electrons. The fourth-order valence-electron chi connectivity index (χ4n) is 1.90. The minimum atomic E-state index is -4.49. The van der Waals surface area contributed by atoms with E-state index in [2.05, 4.69) is 10.1 Å². The second-order valence-corrected chi connectivity index (χ2v) is 6.12. The number of alkyl carbamates (subject to hydrolysis) is 1. The van der Waals surface area contributed by atoms with Crippen molar-refractivity contribution in [3.8, 4) is 0 Å². The van der Waals surface area contributed by atoms with Crippen LogP contribution in [-0.2, 0) is 26.9 Å². The van der Waals surface area contributed by atoms with Gasteiger partial charge in [0.05, 0.1) is 12.7 Å². The Kier molecular flexibility index (Phi) is 6.22. The van der Waals surface area contributed by atoms with Crippen LogP contribution in [0.3, 0.4) is 0 Å². The molecule has 1 N–H and O–H groups in total. The number of benzene rings is 1. The number of rotatable bonds is 4. The zero-order chi connectivity index (χ0) is 18.5. The van der Waals surface area contributed by atoms with E-state index in [0.717, 1.165) is 19.2 Å². The van der Waals surface area contributed by atoms with E-state index in [1.807, 2.05) is 0 Å². The van der Waals surface area contributed by atoms with E-state index < -0.39 is 35.4 Å². The van der Waals surface area contributed by atoms with Crippen molar-refractivity contribution in [2.24, 2.45) is 0 Å². The molecular formula is C16H20F3NO4. The number of hydrogen-bond acceptors (Lipinski definition) is 4. The minimum Gasteiger partial charge on any atom is -0.467 e. The second-order valence-electron chi connectivity index (χ2n) is 6.12. The molecule has 0 aliphatic carbocycles. The molecule has 0 aliphatic rings. The Morgan fingerprint density at radius 1 is 1.21 bits per heavy atom. The van der Waals surface area contributed by atoms with E-state index in [1.165, 1.54) is 12.1 Å². The molecule has 1 rings (SSSR count). The Labute approximate surface area is 138 Å². The maximum absolute atomic E-state index is 12.7. The number of carbonyl (C=O) groups excluding carboxylic acids is 2. The average molecular weight is 347 g/mol. The lowest BCUT2D eigenvalue weighted by Gasteiger charge is -2.22. The summed E-state index contributed by atoms with van der Waals surface area (Å²) in [5, 5.41) is 2.31. The monoisotopic (exact) mass is 347 g/mol. The highest BCUT2D eigenvalue weighted by atomic mass is 19.4. The quantitative estimate of drug-likeness (QED) is 0.849. The Morgan fingerprint density at radius 3 is 2.33 bits per heavy atom. The molecule has 0 aromatic heterocycles. The van der Waals surface area contributed by atoms with Crippen molar-refractivity contribution in [1.82, 2.24) is 5.32 Å². The smallest absolute Gasteiger partial charge is 0.416 e. The van der Waals surface area contributed by atoms with Crippen LogP contribution in [0.25, 0.3) is 0 Å². The number of nitrogens with one attached hydrogen (secondary N) is 1. The first-order valence-electron chi connectivity index (χ1n) is 7.16. The first-order chi connectivity index (χ1) is 10.9. The van der Waals surface area contributed by atoms with Crippen LogP contribution in [0.4, 0.5) is 18.0 Å². The van der Waals surface area contributed by atoms with Crippen molar-refractivity contribution in [2.45, 2.75) is 45.0 Å². The van der Waals surface area contributed by atoms with Gasteiger partial charge in [-0.2, -0.15) is 13.2 Å². The summed E-state index contributed by atoms with van der Waals surface area (Å²) in [4.78, 5) is 23.6. The van der Waals surface area contributed by atoms with Crippen LogP contribution in [0, 0.1) is 0 Å². The van der Waals surface area contributed by atoms with Crippen molar-refractivity contribution in [2.75, 3.05) is 7.11 Å². The topological polar surface area (TPSA) is 64.6 Å². The standard InChI is InChI=1S/C16H20F3NO4/c1-15(2,3)24-14(22)20-12(13(21)23-4)9-10-6-5-7-11(8-10)16(17,18)19/h5-8,12H,9H2,1-4H3,(H,20,22). The van der Waals surface area contributed by atoms with Crippen LogP contribution in [0.15, 0.2) is 24.3 Å². The summed E-state index contributed by atoms with van der Waals surface area (Å²) < 4.78 is 47.9. The molecule has 1 amide bonds. The van der Waals surface area contributed by atoms with Gasteiger partial charge in [-0.1, -0.05) is 18.2 Å². The minimum absolute atomic E-state index is 0.157. The first-order valence-corrected chi connectivity index (χ1v) is 7.16. The maximum atomic E-state index is 12.7. The van der Waals surface area contributed by atoms with Gasteiger partial charge in [0.25, 0.3) is 0 Å². The van der Waals surface area contributed by atoms with Crippen molar-refractivity contribution in [3.63, 3.8) is 0 Å². The van der Waals surface area contributed by atoms with Crippen molar-refractivity contribution in [1.29, 1.82) is 0 Å². The number of methoxy groups -OCH3 is 1. The van der Waals surface area contributed by atoms with Gasteiger partial charge in [-0.25, -0.2) is 9.59 Å². The van der Waals surface area contributed by atoms with Gasteiger partial charge in [-0.05, 0) is 32.4 Å². The molecule has 0 saturated carbocycles. The van der Waals surface area contributed by atoms with Crippen LogP contribution in [-0.4, -0.2) is 30.8 Å². The highest BCUT2D eigenvalue weighted by Crippen LogP contribution is 2.29. The SMILES string of the molecule is COC(=O)C(Cc1cccc(C(F)(F)F)c1)NC(=O)OC(C)(C)C. The van der Waals surface area contributed by atoms with Crippen molar-refractivity contribution in [3.05, 3.63) is 35.4 Å². The summed E-state index contributed by atoms with van der Waals surface area (Å²) >= 11 is 0. The zero-order valence-electron chi connectivity index (χ0n) is 13.9. The number of halogens is 3. The predicted molar refractivity (Wildman–Crippen MR) is 80.3 cm³/mol. The molecule has 0 fully saturated rings. The Balaban J connectivity index is 2.91. The second kappa shape index (κ2) is 7.55. The number of hydrogen-bond donors (Lipinski definition) is 1. The number of amides is 1. The molecule has 0 aliphatic heterocycles. The van der Waals surface area contributed by atoms with Gasteiger partial charge >= 0.3 is 18.2 Å². The van der Waals surface area contributed by atoms with E-state index in [1.54, 1.807) is 20.8 Å². The van der Waals surface area contributed by atoms with Crippen LogP contribution < -0.4 is 5.32 Å². The Bertz CT molecular complexity index is 594. The van der Waals surface area contributed by atoms with Crippen LogP contribution in [0.2, 0.25) is 0 Å². The molecule has 1 aromatic rings. The zero-order valence-corrected chi connectivity index (χ0v) is 13.9. The largest absolute Gasteiger partial charge is 0.467 e.